The van der Waals surface area contributed by atoms with Crippen LogP contribution in [-0.2, 0) is 0 Å². The van der Waals surface area contributed by atoms with Crippen molar-refractivity contribution in [2.45, 2.75) is 32.8 Å². The minimum atomic E-state index is -0.0963. The molecule has 1 heterocycles. The van der Waals surface area contributed by atoms with Gasteiger partial charge in [-0.2, -0.15) is 0 Å². The summed E-state index contributed by atoms with van der Waals surface area (Å²) in [7, 11) is 0. The van der Waals surface area contributed by atoms with Crippen LogP contribution in [0, 0.1) is 5.41 Å². The van der Waals surface area contributed by atoms with Crippen molar-refractivity contribution in [3.8, 4) is 0 Å². The van der Waals surface area contributed by atoms with Crippen LogP contribution in [0.25, 0.3) is 0 Å². The van der Waals surface area contributed by atoms with E-state index in [2.05, 4.69) is 18.7 Å². The second-order valence-corrected chi connectivity index (χ2v) is 4.86. The Morgan fingerprint density at radius 3 is 2.69 bits per heavy atom. The lowest BCUT2D eigenvalue weighted by atomic mass is 9.89. The lowest BCUT2D eigenvalue weighted by molar-refractivity contribution is 0.169. The zero-order valence-corrected chi connectivity index (χ0v) is 8.79. The van der Waals surface area contributed by atoms with Crippen LogP contribution >= 0.6 is 0 Å². The molecule has 0 amide bonds. The normalized spacial score (nSPS) is 25.4. The average molecular weight is 186 g/mol. The fourth-order valence-corrected chi connectivity index (χ4v) is 1.58. The second kappa shape index (κ2) is 4.40. The quantitative estimate of drug-likeness (QED) is 0.669. The molecule has 1 fully saturated rings. The van der Waals surface area contributed by atoms with Crippen LogP contribution in [0.15, 0.2) is 0 Å². The summed E-state index contributed by atoms with van der Waals surface area (Å²) in [4.78, 5) is 2.32. The van der Waals surface area contributed by atoms with E-state index in [9.17, 15) is 5.11 Å². The van der Waals surface area contributed by atoms with Gasteiger partial charge in [0.05, 0.1) is 6.10 Å². The van der Waals surface area contributed by atoms with Gasteiger partial charge in [-0.1, -0.05) is 13.8 Å². The van der Waals surface area contributed by atoms with Gasteiger partial charge in [0.25, 0.3) is 0 Å². The predicted molar refractivity (Wildman–Crippen MR) is 54.5 cm³/mol. The molecule has 0 radical (unpaired) electrons. The van der Waals surface area contributed by atoms with Crippen molar-refractivity contribution in [3.05, 3.63) is 0 Å². The highest BCUT2D eigenvalue weighted by Gasteiger charge is 2.22. The smallest absolute Gasteiger partial charge is 0.0679 e. The third-order valence-electron chi connectivity index (χ3n) is 2.90. The number of β-amino-alcohol motifs (C(OH)–C–C–N with tert-alkyl or cyclic N) is 1. The molecule has 0 saturated carbocycles. The predicted octanol–water partition coefficient (Wildman–Crippen LogP) is 0.428. The van der Waals surface area contributed by atoms with Gasteiger partial charge >= 0.3 is 0 Å². The van der Waals surface area contributed by atoms with Gasteiger partial charge in [0.15, 0.2) is 0 Å². The first-order chi connectivity index (χ1) is 6.03. The standard InChI is InChI=1S/C10H22N2O/c1-10(2,8-11)4-6-12-5-3-9(13)7-12/h9,13H,3-8,11H2,1-2H3. The summed E-state index contributed by atoms with van der Waals surface area (Å²) in [6.07, 6.45) is 1.96. The molecule has 0 aromatic heterocycles. The minimum absolute atomic E-state index is 0.0963. The van der Waals surface area contributed by atoms with Gasteiger partial charge in [0, 0.05) is 13.1 Å². The van der Waals surface area contributed by atoms with E-state index in [4.69, 9.17) is 5.73 Å². The largest absolute Gasteiger partial charge is 0.392 e. The van der Waals surface area contributed by atoms with Gasteiger partial charge in [-0.25, -0.2) is 0 Å². The van der Waals surface area contributed by atoms with Crippen LogP contribution in [0.2, 0.25) is 0 Å². The third kappa shape index (κ3) is 3.63. The molecule has 0 aromatic rings. The van der Waals surface area contributed by atoms with Gasteiger partial charge in [-0.05, 0) is 31.3 Å². The first-order valence-corrected chi connectivity index (χ1v) is 5.14. The molecule has 1 aliphatic heterocycles. The Hall–Kier alpha value is -0.120. The Kier molecular flexibility index (Phi) is 3.71. The molecule has 78 valence electrons. The average Bonchev–Trinajstić information content (AvgIpc) is 2.48. The molecule has 0 aliphatic carbocycles. The SMILES string of the molecule is CC(C)(CN)CCN1CCC(O)C1. The summed E-state index contributed by atoms with van der Waals surface area (Å²) in [5.41, 5.74) is 5.89. The van der Waals surface area contributed by atoms with Gasteiger partial charge in [0.1, 0.15) is 0 Å². The maximum absolute atomic E-state index is 9.32. The Bertz CT molecular complexity index is 159. The van der Waals surface area contributed by atoms with E-state index in [0.29, 0.717) is 0 Å². The van der Waals surface area contributed by atoms with Crippen molar-refractivity contribution in [1.82, 2.24) is 4.90 Å². The van der Waals surface area contributed by atoms with Crippen molar-refractivity contribution < 1.29 is 5.11 Å². The van der Waals surface area contributed by atoms with Crippen molar-refractivity contribution in [2.75, 3.05) is 26.2 Å². The molecular formula is C10H22N2O. The Labute approximate surface area is 80.9 Å². The van der Waals surface area contributed by atoms with E-state index in [1.54, 1.807) is 0 Å². The monoisotopic (exact) mass is 186 g/mol. The maximum Gasteiger partial charge on any atom is 0.0679 e. The number of aliphatic hydroxyl groups is 1. The fourth-order valence-electron chi connectivity index (χ4n) is 1.58. The molecule has 0 bridgehead atoms. The Balaban J connectivity index is 2.19. The maximum atomic E-state index is 9.32. The second-order valence-electron chi connectivity index (χ2n) is 4.86. The molecule has 13 heavy (non-hydrogen) atoms. The van der Waals surface area contributed by atoms with Crippen LogP contribution in [0.1, 0.15) is 26.7 Å². The van der Waals surface area contributed by atoms with E-state index in [0.717, 1.165) is 39.0 Å². The summed E-state index contributed by atoms with van der Waals surface area (Å²) in [5, 5.41) is 9.32. The molecule has 1 unspecified atom stereocenters. The van der Waals surface area contributed by atoms with E-state index < -0.39 is 0 Å². The number of rotatable bonds is 4. The fraction of sp³-hybridized carbons (Fsp3) is 1.00. The number of nitrogens with zero attached hydrogens (tertiary/aromatic N) is 1. The zero-order valence-electron chi connectivity index (χ0n) is 8.79. The van der Waals surface area contributed by atoms with E-state index >= 15 is 0 Å². The number of hydrogen-bond acceptors (Lipinski definition) is 3. The van der Waals surface area contributed by atoms with Crippen LogP contribution in [0.4, 0.5) is 0 Å². The van der Waals surface area contributed by atoms with Gasteiger partial charge in [-0.3, -0.25) is 0 Å². The number of likely N-dealkylation sites (tertiary alicyclic amines) is 1. The van der Waals surface area contributed by atoms with E-state index in [-0.39, 0.29) is 11.5 Å². The van der Waals surface area contributed by atoms with Crippen LogP contribution in [-0.4, -0.2) is 42.3 Å². The highest BCUT2D eigenvalue weighted by molar-refractivity contribution is 4.77. The molecule has 3 N–H and O–H groups in total. The molecule has 1 atom stereocenters. The highest BCUT2D eigenvalue weighted by atomic mass is 16.3. The Morgan fingerprint density at radius 1 is 1.54 bits per heavy atom. The summed E-state index contributed by atoms with van der Waals surface area (Å²) in [5.74, 6) is 0. The van der Waals surface area contributed by atoms with Crippen LogP contribution in [0.5, 0.6) is 0 Å². The van der Waals surface area contributed by atoms with Gasteiger partial charge < -0.3 is 15.7 Å². The van der Waals surface area contributed by atoms with Crippen LogP contribution in [0.3, 0.4) is 0 Å². The summed E-state index contributed by atoms with van der Waals surface area (Å²) in [6.45, 7) is 8.09. The molecule has 0 spiro atoms. The topological polar surface area (TPSA) is 49.5 Å². The van der Waals surface area contributed by atoms with Crippen molar-refractivity contribution in [2.24, 2.45) is 11.1 Å². The lowest BCUT2D eigenvalue weighted by Crippen LogP contribution is -2.31. The highest BCUT2D eigenvalue weighted by Crippen LogP contribution is 2.20. The molecule has 3 heteroatoms. The zero-order chi connectivity index (χ0) is 9.90. The Morgan fingerprint density at radius 2 is 2.23 bits per heavy atom. The number of hydrogen-bond donors (Lipinski definition) is 2. The summed E-state index contributed by atoms with van der Waals surface area (Å²) < 4.78 is 0. The van der Waals surface area contributed by atoms with Gasteiger partial charge in [-0.15, -0.1) is 0 Å². The third-order valence-corrected chi connectivity index (χ3v) is 2.90. The molecule has 1 saturated heterocycles. The molecular weight excluding hydrogens is 164 g/mol. The summed E-state index contributed by atoms with van der Waals surface area (Å²) in [6, 6.07) is 0. The summed E-state index contributed by atoms with van der Waals surface area (Å²) >= 11 is 0. The van der Waals surface area contributed by atoms with Crippen molar-refractivity contribution >= 4 is 0 Å². The molecule has 1 aliphatic rings. The lowest BCUT2D eigenvalue weighted by Gasteiger charge is -2.25. The first kappa shape index (κ1) is 11.0. The number of nitrogens with two attached hydrogens (primary N) is 1. The van der Waals surface area contributed by atoms with Gasteiger partial charge in [0.2, 0.25) is 0 Å². The van der Waals surface area contributed by atoms with Crippen molar-refractivity contribution in [1.29, 1.82) is 0 Å². The molecule has 0 aromatic carbocycles. The van der Waals surface area contributed by atoms with E-state index in [1.165, 1.54) is 0 Å². The number of aliphatic hydroxyl groups excluding tert-OH is 1. The van der Waals surface area contributed by atoms with Crippen LogP contribution < -0.4 is 5.73 Å². The van der Waals surface area contributed by atoms with E-state index in [1.807, 2.05) is 0 Å². The molecule has 3 nitrogen and oxygen atoms in total. The minimum Gasteiger partial charge on any atom is -0.392 e. The first-order valence-electron chi connectivity index (χ1n) is 5.14. The molecule has 1 rings (SSSR count). The van der Waals surface area contributed by atoms with Crippen molar-refractivity contribution in [3.63, 3.8) is 0 Å².